The van der Waals surface area contributed by atoms with E-state index in [1.807, 2.05) is 48.9 Å². The number of hydrogen-bond acceptors (Lipinski definition) is 5. The SMILES string of the molecule is COc1cc(/C=C/c2nnc(C(C)c3ccc(F)cc3)o2)ccc1-n1cnc(C)c1. The number of rotatable bonds is 6. The van der Waals surface area contributed by atoms with E-state index < -0.39 is 0 Å². The molecule has 0 amide bonds. The minimum absolute atomic E-state index is 0.127. The van der Waals surface area contributed by atoms with Gasteiger partial charge < -0.3 is 13.7 Å². The fourth-order valence-electron chi connectivity index (χ4n) is 3.11. The molecule has 0 fully saturated rings. The van der Waals surface area contributed by atoms with Crippen LogP contribution >= 0.6 is 0 Å². The Morgan fingerprint density at radius 2 is 1.90 bits per heavy atom. The van der Waals surface area contributed by atoms with Gasteiger partial charge in [0.25, 0.3) is 0 Å². The highest BCUT2D eigenvalue weighted by molar-refractivity contribution is 5.68. The third-order valence-corrected chi connectivity index (χ3v) is 4.81. The summed E-state index contributed by atoms with van der Waals surface area (Å²) < 4.78 is 26.3. The van der Waals surface area contributed by atoms with E-state index in [2.05, 4.69) is 15.2 Å². The molecule has 1 atom stereocenters. The topological polar surface area (TPSA) is 66.0 Å². The van der Waals surface area contributed by atoms with Crippen molar-refractivity contribution in [2.45, 2.75) is 19.8 Å². The van der Waals surface area contributed by atoms with Crippen molar-refractivity contribution in [3.63, 3.8) is 0 Å². The van der Waals surface area contributed by atoms with Gasteiger partial charge in [0.15, 0.2) is 0 Å². The molecule has 0 aliphatic carbocycles. The Kier molecular flexibility index (Phi) is 5.43. The van der Waals surface area contributed by atoms with Crippen molar-refractivity contribution in [1.82, 2.24) is 19.7 Å². The van der Waals surface area contributed by atoms with Gasteiger partial charge in [0.1, 0.15) is 11.6 Å². The molecule has 2 aromatic carbocycles. The first kappa shape index (κ1) is 19.6. The molecule has 6 nitrogen and oxygen atoms in total. The Bertz CT molecular complexity index is 1180. The first-order valence-electron chi connectivity index (χ1n) is 9.49. The van der Waals surface area contributed by atoms with Crippen molar-refractivity contribution in [2.75, 3.05) is 7.11 Å². The van der Waals surface area contributed by atoms with Crippen LogP contribution in [0.25, 0.3) is 17.8 Å². The van der Waals surface area contributed by atoms with E-state index >= 15 is 0 Å². The van der Waals surface area contributed by atoms with Crippen LogP contribution in [0.15, 0.2) is 59.4 Å². The van der Waals surface area contributed by atoms with Gasteiger partial charge in [0, 0.05) is 12.3 Å². The average Bonchev–Trinajstić information content (AvgIpc) is 3.41. The molecule has 2 heterocycles. The zero-order valence-corrected chi connectivity index (χ0v) is 16.9. The van der Waals surface area contributed by atoms with Gasteiger partial charge in [-0.3, -0.25) is 0 Å². The van der Waals surface area contributed by atoms with Gasteiger partial charge >= 0.3 is 0 Å². The molecule has 0 spiro atoms. The van der Waals surface area contributed by atoms with Crippen LogP contribution in [0.3, 0.4) is 0 Å². The maximum atomic E-state index is 13.1. The number of ether oxygens (including phenoxy) is 1. The number of imidazole rings is 1. The van der Waals surface area contributed by atoms with Crippen LogP contribution in [0.5, 0.6) is 5.75 Å². The highest BCUT2D eigenvalue weighted by atomic mass is 19.1. The maximum absolute atomic E-state index is 13.1. The van der Waals surface area contributed by atoms with E-state index in [0.717, 1.165) is 28.3 Å². The number of methoxy groups -OCH3 is 1. The van der Waals surface area contributed by atoms with Crippen LogP contribution in [0.1, 0.15) is 41.4 Å². The molecule has 152 valence electrons. The van der Waals surface area contributed by atoms with E-state index in [1.54, 1.807) is 31.6 Å². The minimum atomic E-state index is -0.273. The molecular weight excluding hydrogens is 383 g/mol. The monoisotopic (exact) mass is 404 g/mol. The smallest absolute Gasteiger partial charge is 0.240 e. The lowest BCUT2D eigenvalue weighted by Gasteiger charge is -2.09. The Morgan fingerprint density at radius 1 is 1.10 bits per heavy atom. The van der Waals surface area contributed by atoms with E-state index in [4.69, 9.17) is 9.15 Å². The summed E-state index contributed by atoms with van der Waals surface area (Å²) in [5, 5.41) is 8.21. The van der Waals surface area contributed by atoms with Gasteiger partial charge in [-0.25, -0.2) is 9.37 Å². The second-order valence-electron chi connectivity index (χ2n) is 6.94. The Hall–Kier alpha value is -3.74. The number of aryl methyl sites for hydroxylation is 1. The summed E-state index contributed by atoms with van der Waals surface area (Å²) in [5.74, 6) is 1.20. The molecule has 1 unspecified atom stereocenters. The molecule has 7 heteroatoms. The molecule has 0 radical (unpaired) electrons. The fourth-order valence-corrected chi connectivity index (χ4v) is 3.11. The van der Waals surface area contributed by atoms with E-state index in [-0.39, 0.29) is 11.7 Å². The van der Waals surface area contributed by atoms with Gasteiger partial charge in [-0.1, -0.05) is 18.2 Å². The number of hydrogen-bond donors (Lipinski definition) is 0. The van der Waals surface area contributed by atoms with Gasteiger partial charge in [-0.15, -0.1) is 10.2 Å². The van der Waals surface area contributed by atoms with Gasteiger partial charge in [-0.2, -0.15) is 0 Å². The largest absolute Gasteiger partial charge is 0.495 e. The zero-order valence-electron chi connectivity index (χ0n) is 16.9. The van der Waals surface area contributed by atoms with Crippen LogP contribution < -0.4 is 4.74 Å². The van der Waals surface area contributed by atoms with Crippen molar-refractivity contribution < 1.29 is 13.5 Å². The second kappa shape index (κ2) is 8.32. The molecule has 4 rings (SSSR count). The molecule has 0 aliphatic rings. The Morgan fingerprint density at radius 3 is 2.60 bits per heavy atom. The number of halogens is 1. The molecule has 0 saturated carbocycles. The number of benzene rings is 2. The Balaban J connectivity index is 1.52. The van der Waals surface area contributed by atoms with Crippen LogP contribution in [-0.2, 0) is 0 Å². The van der Waals surface area contributed by atoms with Crippen molar-refractivity contribution in [3.8, 4) is 11.4 Å². The third-order valence-electron chi connectivity index (χ3n) is 4.81. The van der Waals surface area contributed by atoms with Crippen molar-refractivity contribution in [3.05, 3.63) is 89.4 Å². The molecule has 0 saturated heterocycles. The van der Waals surface area contributed by atoms with Crippen molar-refractivity contribution in [1.29, 1.82) is 0 Å². The zero-order chi connectivity index (χ0) is 21.1. The minimum Gasteiger partial charge on any atom is -0.495 e. The standard InChI is InChI=1S/C23H21FN4O2/c1-15-13-28(14-25-15)20-10-4-17(12-21(20)29-3)5-11-22-26-27-23(30-22)16(2)18-6-8-19(24)9-7-18/h4-14,16H,1-3H3/b11-5+. The van der Waals surface area contributed by atoms with Gasteiger partial charge in [0.2, 0.25) is 11.8 Å². The molecule has 0 N–H and O–H groups in total. The Labute approximate surface area is 173 Å². The second-order valence-corrected chi connectivity index (χ2v) is 6.94. The number of nitrogens with zero attached hydrogens (tertiary/aromatic N) is 4. The van der Waals surface area contributed by atoms with Gasteiger partial charge in [0.05, 0.1) is 30.7 Å². The van der Waals surface area contributed by atoms with Crippen LogP contribution in [0.4, 0.5) is 4.39 Å². The number of aromatic nitrogens is 4. The fraction of sp³-hybridized carbons (Fsp3) is 0.174. The van der Waals surface area contributed by atoms with E-state index in [0.29, 0.717) is 11.8 Å². The molecule has 30 heavy (non-hydrogen) atoms. The summed E-state index contributed by atoms with van der Waals surface area (Å²) in [7, 11) is 1.64. The summed E-state index contributed by atoms with van der Waals surface area (Å²) in [6.07, 6.45) is 7.33. The molecular formula is C23H21FN4O2. The van der Waals surface area contributed by atoms with E-state index in [9.17, 15) is 4.39 Å². The first-order valence-corrected chi connectivity index (χ1v) is 9.49. The van der Waals surface area contributed by atoms with Crippen LogP contribution in [0, 0.1) is 12.7 Å². The molecule has 0 aliphatic heterocycles. The first-order chi connectivity index (χ1) is 14.5. The summed E-state index contributed by atoms with van der Waals surface area (Å²) in [6, 6.07) is 12.2. The molecule has 0 bridgehead atoms. The summed E-state index contributed by atoms with van der Waals surface area (Å²) >= 11 is 0. The predicted molar refractivity (Wildman–Crippen MR) is 112 cm³/mol. The predicted octanol–water partition coefficient (Wildman–Crippen LogP) is 5.03. The maximum Gasteiger partial charge on any atom is 0.240 e. The van der Waals surface area contributed by atoms with Gasteiger partial charge in [-0.05, 0) is 55.3 Å². The highest BCUT2D eigenvalue weighted by Crippen LogP contribution is 2.26. The average molecular weight is 404 g/mol. The quantitative estimate of drug-likeness (QED) is 0.451. The van der Waals surface area contributed by atoms with Crippen molar-refractivity contribution in [2.24, 2.45) is 0 Å². The molecule has 2 aromatic heterocycles. The van der Waals surface area contributed by atoms with Crippen molar-refractivity contribution >= 4 is 12.2 Å². The summed E-state index contributed by atoms with van der Waals surface area (Å²) in [6.45, 7) is 3.88. The lowest BCUT2D eigenvalue weighted by atomic mass is 10.0. The normalized spacial score (nSPS) is 12.4. The van der Waals surface area contributed by atoms with Crippen LogP contribution in [0.2, 0.25) is 0 Å². The lowest BCUT2D eigenvalue weighted by molar-refractivity contribution is 0.413. The summed E-state index contributed by atoms with van der Waals surface area (Å²) in [4.78, 5) is 4.26. The highest BCUT2D eigenvalue weighted by Gasteiger charge is 2.15. The lowest BCUT2D eigenvalue weighted by Crippen LogP contribution is -1.96. The summed E-state index contributed by atoms with van der Waals surface area (Å²) in [5.41, 5.74) is 3.68. The van der Waals surface area contributed by atoms with E-state index in [1.165, 1.54) is 12.1 Å². The molecule has 4 aromatic rings. The van der Waals surface area contributed by atoms with Crippen LogP contribution in [-0.4, -0.2) is 26.9 Å². The third kappa shape index (κ3) is 4.15.